The van der Waals surface area contributed by atoms with E-state index in [2.05, 4.69) is 15.9 Å². The number of alkyl halides is 1. The van der Waals surface area contributed by atoms with Crippen molar-refractivity contribution in [2.45, 2.75) is 0 Å². The van der Waals surface area contributed by atoms with Gasteiger partial charge in [-0.1, -0.05) is 40.2 Å². The van der Waals surface area contributed by atoms with Crippen LogP contribution in [0.3, 0.4) is 0 Å². The van der Waals surface area contributed by atoms with Gasteiger partial charge in [0, 0.05) is 5.39 Å². The summed E-state index contributed by atoms with van der Waals surface area (Å²) in [6.45, 7) is 0. The van der Waals surface area contributed by atoms with E-state index < -0.39 is 5.63 Å². The number of ketones is 1. The van der Waals surface area contributed by atoms with Gasteiger partial charge in [-0.2, -0.15) is 0 Å². The third-order valence-corrected chi connectivity index (χ3v) is 3.53. The molecule has 3 rings (SSSR count). The molecule has 0 atom stereocenters. The summed E-state index contributed by atoms with van der Waals surface area (Å²) in [6.07, 6.45) is 0. The average molecular weight is 317 g/mol. The molecule has 1 aromatic heterocycles. The van der Waals surface area contributed by atoms with Crippen molar-refractivity contribution in [1.29, 1.82) is 0 Å². The van der Waals surface area contributed by atoms with Crippen LogP contribution in [-0.4, -0.2) is 11.1 Å². The lowest BCUT2D eigenvalue weighted by molar-refractivity contribution is 0.102. The zero-order valence-electron chi connectivity index (χ0n) is 9.85. The molecule has 3 nitrogen and oxygen atoms in total. The molecule has 0 spiro atoms. The number of carbonyl (C=O) groups excluding carboxylic acids is 1. The quantitative estimate of drug-likeness (QED) is 0.314. The van der Waals surface area contributed by atoms with Gasteiger partial charge in [0.25, 0.3) is 0 Å². The summed E-state index contributed by atoms with van der Waals surface area (Å²) in [5.41, 5.74) is -0.0123. The van der Waals surface area contributed by atoms with Crippen LogP contribution < -0.4 is 5.63 Å². The van der Waals surface area contributed by atoms with Gasteiger partial charge in [-0.15, -0.1) is 0 Å². The summed E-state index contributed by atoms with van der Waals surface area (Å²) < 4.78 is 5.23. The minimum atomic E-state index is -0.591. The van der Waals surface area contributed by atoms with E-state index in [1.54, 1.807) is 6.07 Å². The van der Waals surface area contributed by atoms with Gasteiger partial charge in [0.1, 0.15) is 11.1 Å². The van der Waals surface area contributed by atoms with Crippen molar-refractivity contribution in [2.75, 3.05) is 5.33 Å². The molecule has 0 saturated heterocycles. The molecule has 0 N–H and O–H groups in total. The number of fused-ring (bicyclic) bond motifs is 2. The number of halogens is 1. The van der Waals surface area contributed by atoms with Crippen LogP contribution in [0.5, 0.6) is 0 Å². The van der Waals surface area contributed by atoms with E-state index in [1.165, 1.54) is 0 Å². The molecule has 94 valence electrons. The maximum absolute atomic E-state index is 11.8. The highest BCUT2D eigenvalue weighted by molar-refractivity contribution is 9.09. The van der Waals surface area contributed by atoms with Crippen molar-refractivity contribution in [2.24, 2.45) is 0 Å². The normalized spacial score (nSPS) is 11.0. The first-order valence-electron chi connectivity index (χ1n) is 5.75. The Kier molecular flexibility index (Phi) is 2.95. The van der Waals surface area contributed by atoms with Crippen molar-refractivity contribution in [3.63, 3.8) is 0 Å². The molecule has 1 heterocycles. The number of benzene rings is 2. The molecule has 2 aromatic carbocycles. The van der Waals surface area contributed by atoms with Gasteiger partial charge in [0.15, 0.2) is 5.78 Å². The lowest BCUT2D eigenvalue weighted by atomic mass is 10.1. The third kappa shape index (κ3) is 2.08. The minimum Gasteiger partial charge on any atom is -0.422 e. The Hall–Kier alpha value is -1.94. The zero-order valence-corrected chi connectivity index (χ0v) is 11.4. The molecule has 19 heavy (non-hydrogen) atoms. The Morgan fingerprint density at radius 1 is 1.05 bits per heavy atom. The summed E-state index contributed by atoms with van der Waals surface area (Å²) in [4.78, 5) is 23.4. The number of Topliss-reactive ketones (excluding diaryl/α,β-unsaturated/α-hetero) is 1. The Labute approximate surface area is 117 Å². The van der Waals surface area contributed by atoms with Gasteiger partial charge in [-0.05, 0) is 29.0 Å². The van der Waals surface area contributed by atoms with E-state index in [1.807, 2.05) is 36.4 Å². The minimum absolute atomic E-state index is 0.0830. The summed E-state index contributed by atoms with van der Waals surface area (Å²) >= 11 is 3.06. The first-order valence-corrected chi connectivity index (χ1v) is 6.87. The van der Waals surface area contributed by atoms with Crippen LogP contribution in [0.25, 0.3) is 21.7 Å². The maximum atomic E-state index is 11.8. The van der Waals surface area contributed by atoms with Crippen molar-refractivity contribution in [3.8, 4) is 0 Å². The predicted molar refractivity (Wildman–Crippen MR) is 78.1 cm³/mol. The molecule has 0 aliphatic rings. The van der Waals surface area contributed by atoms with Crippen LogP contribution in [0.15, 0.2) is 51.7 Å². The monoisotopic (exact) mass is 316 g/mol. The molecule has 0 bridgehead atoms. The molecule has 0 aliphatic heterocycles. The van der Waals surface area contributed by atoms with Crippen LogP contribution in [0.1, 0.15) is 10.4 Å². The molecule has 0 saturated carbocycles. The standard InChI is InChI=1S/C15H9BrO3/c16-8-13(17)12-6-11-5-9-3-1-2-4-10(9)7-14(11)19-15(12)18/h1-7H,8H2. The first-order chi connectivity index (χ1) is 9.19. The molecule has 0 amide bonds. The van der Waals surface area contributed by atoms with E-state index >= 15 is 0 Å². The molecule has 0 aliphatic carbocycles. The molecule has 0 radical (unpaired) electrons. The van der Waals surface area contributed by atoms with Crippen LogP contribution in [-0.2, 0) is 0 Å². The van der Waals surface area contributed by atoms with Gasteiger partial charge in [0.05, 0.1) is 5.33 Å². The lowest BCUT2D eigenvalue weighted by Gasteiger charge is -2.02. The summed E-state index contributed by atoms with van der Waals surface area (Å²) in [5.74, 6) is -0.274. The second kappa shape index (κ2) is 4.63. The van der Waals surface area contributed by atoms with Crippen molar-refractivity contribution in [1.82, 2.24) is 0 Å². The van der Waals surface area contributed by atoms with Crippen LogP contribution in [0.4, 0.5) is 0 Å². The fourth-order valence-electron chi connectivity index (χ4n) is 2.07. The average Bonchev–Trinajstić information content (AvgIpc) is 2.43. The number of rotatable bonds is 2. The Morgan fingerprint density at radius 3 is 2.42 bits per heavy atom. The van der Waals surface area contributed by atoms with Crippen LogP contribution in [0, 0.1) is 0 Å². The van der Waals surface area contributed by atoms with Gasteiger partial charge < -0.3 is 4.42 Å². The molecule has 0 fully saturated rings. The van der Waals surface area contributed by atoms with E-state index in [9.17, 15) is 9.59 Å². The molecule has 4 heteroatoms. The van der Waals surface area contributed by atoms with E-state index in [-0.39, 0.29) is 16.7 Å². The number of carbonyl (C=O) groups is 1. The number of hydrogen-bond donors (Lipinski definition) is 0. The first kappa shape index (κ1) is 12.1. The van der Waals surface area contributed by atoms with Gasteiger partial charge >= 0.3 is 5.63 Å². The van der Waals surface area contributed by atoms with E-state index in [0.717, 1.165) is 16.2 Å². The lowest BCUT2D eigenvalue weighted by Crippen LogP contribution is -2.14. The van der Waals surface area contributed by atoms with Crippen molar-refractivity contribution in [3.05, 3.63) is 58.4 Å². The smallest absolute Gasteiger partial charge is 0.347 e. The highest BCUT2D eigenvalue weighted by Gasteiger charge is 2.12. The van der Waals surface area contributed by atoms with Crippen molar-refractivity contribution < 1.29 is 9.21 Å². The zero-order chi connectivity index (χ0) is 13.4. The highest BCUT2D eigenvalue weighted by Crippen LogP contribution is 2.22. The molecular formula is C15H9BrO3. The highest BCUT2D eigenvalue weighted by atomic mass is 79.9. The fourth-order valence-corrected chi connectivity index (χ4v) is 2.38. The number of hydrogen-bond acceptors (Lipinski definition) is 3. The van der Waals surface area contributed by atoms with E-state index in [0.29, 0.717) is 5.58 Å². The Balaban J connectivity index is 2.36. The summed E-state index contributed by atoms with van der Waals surface area (Å²) in [7, 11) is 0. The largest absolute Gasteiger partial charge is 0.422 e. The van der Waals surface area contributed by atoms with Crippen LogP contribution in [0.2, 0.25) is 0 Å². The van der Waals surface area contributed by atoms with Gasteiger partial charge in [-0.25, -0.2) is 4.79 Å². The summed E-state index contributed by atoms with van der Waals surface area (Å²) in [6, 6.07) is 13.1. The Morgan fingerprint density at radius 2 is 1.74 bits per heavy atom. The Bertz CT molecular complexity index is 849. The van der Waals surface area contributed by atoms with Gasteiger partial charge in [-0.3, -0.25) is 4.79 Å². The second-order valence-electron chi connectivity index (χ2n) is 4.24. The second-order valence-corrected chi connectivity index (χ2v) is 4.80. The van der Waals surface area contributed by atoms with E-state index in [4.69, 9.17) is 4.42 Å². The SMILES string of the molecule is O=C(CBr)c1cc2cc3ccccc3cc2oc1=O. The topological polar surface area (TPSA) is 47.3 Å². The summed E-state index contributed by atoms with van der Waals surface area (Å²) in [5, 5.41) is 2.90. The molecular weight excluding hydrogens is 308 g/mol. The van der Waals surface area contributed by atoms with Gasteiger partial charge in [0.2, 0.25) is 0 Å². The van der Waals surface area contributed by atoms with Crippen molar-refractivity contribution >= 4 is 43.5 Å². The maximum Gasteiger partial charge on any atom is 0.347 e. The molecule has 0 unspecified atom stereocenters. The third-order valence-electron chi connectivity index (χ3n) is 3.02. The fraction of sp³-hybridized carbons (Fsp3) is 0.0667. The molecule has 3 aromatic rings. The predicted octanol–water partition coefficient (Wildman–Crippen LogP) is 3.52. The van der Waals surface area contributed by atoms with Crippen LogP contribution >= 0.6 is 15.9 Å².